The molecule has 0 N–H and O–H groups in total. The standard InChI is InChI=1S/C15H24N2O3S2/c1-12(8-13-4-6-21-10-13)17(3)15(18)9-16(2)14-5-7-22(19,20)11-14/h4,6,10,12,14H,5,7-9,11H2,1-3H3/t12-,14+/m1/s1. The minimum Gasteiger partial charge on any atom is -0.342 e. The minimum atomic E-state index is -2.91. The van der Waals surface area contributed by atoms with Crippen molar-refractivity contribution in [3.05, 3.63) is 22.4 Å². The summed E-state index contributed by atoms with van der Waals surface area (Å²) in [5.41, 5.74) is 1.24. The SMILES string of the molecule is C[C@H](Cc1ccsc1)N(C)C(=O)CN(C)[C@H]1CCS(=O)(=O)C1. The van der Waals surface area contributed by atoms with Crippen LogP contribution in [0.1, 0.15) is 18.9 Å². The molecule has 5 nitrogen and oxygen atoms in total. The third kappa shape index (κ3) is 4.54. The van der Waals surface area contributed by atoms with E-state index < -0.39 is 9.84 Å². The van der Waals surface area contributed by atoms with Crippen LogP contribution in [0.5, 0.6) is 0 Å². The second-order valence-corrected chi connectivity index (χ2v) is 9.17. The van der Waals surface area contributed by atoms with E-state index in [1.807, 2.05) is 31.3 Å². The maximum Gasteiger partial charge on any atom is 0.236 e. The lowest BCUT2D eigenvalue weighted by molar-refractivity contribution is -0.133. The lowest BCUT2D eigenvalue weighted by Gasteiger charge is -2.29. The van der Waals surface area contributed by atoms with E-state index in [-0.39, 0.29) is 36.0 Å². The van der Waals surface area contributed by atoms with E-state index >= 15 is 0 Å². The van der Waals surface area contributed by atoms with Crippen LogP contribution in [0.4, 0.5) is 0 Å². The first-order valence-corrected chi connectivity index (χ1v) is 10.2. The van der Waals surface area contributed by atoms with Crippen molar-refractivity contribution in [1.29, 1.82) is 0 Å². The van der Waals surface area contributed by atoms with Crippen LogP contribution in [0.25, 0.3) is 0 Å². The third-order valence-electron chi connectivity index (χ3n) is 4.38. The molecule has 0 spiro atoms. The van der Waals surface area contributed by atoms with Gasteiger partial charge in [0.15, 0.2) is 9.84 Å². The third-order valence-corrected chi connectivity index (χ3v) is 6.86. The topological polar surface area (TPSA) is 57.7 Å². The van der Waals surface area contributed by atoms with Crippen LogP contribution in [0.3, 0.4) is 0 Å². The highest BCUT2D eigenvalue weighted by molar-refractivity contribution is 7.91. The van der Waals surface area contributed by atoms with Crippen molar-refractivity contribution in [3.8, 4) is 0 Å². The van der Waals surface area contributed by atoms with Gasteiger partial charge in [0.25, 0.3) is 0 Å². The fourth-order valence-corrected chi connectivity index (χ4v) is 5.20. The molecule has 2 atom stereocenters. The molecule has 0 unspecified atom stereocenters. The molecule has 124 valence electrons. The Morgan fingerprint density at radius 2 is 2.18 bits per heavy atom. The molecule has 1 saturated heterocycles. The quantitative estimate of drug-likeness (QED) is 0.779. The summed E-state index contributed by atoms with van der Waals surface area (Å²) in [7, 11) is 0.740. The number of hydrogen-bond donors (Lipinski definition) is 0. The predicted octanol–water partition coefficient (Wildman–Crippen LogP) is 1.26. The van der Waals surface area contributed by atoms with Crippen molar-refractivity contribution in [3.63, 3.8) is 0 Å². The van der Waals surface area contributed by atoms with Crippen molar-refractivity contribution >= 4 is 27.1 Å². The van der Waals surface area contributed by atoms with Gasteiger partial charge in [-0.15, -0.1) is 0 Å². The fraction of sp³-hybridized carbons (Fsp3) is 0.667. The zero-order valence-electron chi connectivity index (χ0n) is 13.4. The predicted molar refractivity (Wildman–Crippen MR) is 89.9 cm³/mol. The highest BCUT2D eigenvalue weighted by atomic mass is 32.2. The Kier molecular flexibility index (Phi) is 5.63. The molecule has 7 heteroatoms. The van der Waals surface area contributed by atoms with Crippen molar-refractivity contribution in [2.75, 3.05) is 32.1 Å². The monoisotopic (exact) mass is 344 g/mol. The van der Waals surface area contributed by atoms with Crippen LogP contribution in [0, 0.1) is 0 Å². The van der Waals surface area contributed by atoms with Crippen molar-refractivity contribution < 1.29 is 13.2 Å². The summed E-state index contributed by atoms with van der Waals surface area (Å²) in [4.78, 5) is 16.0. The van der Waals surface area contributed by atoms with E-state index in [9.17, 15) is 13.2 Å². The summed E-state index contributed by atoms with van der Waals surface area (Å²) >= 11 is 1.66. The molecular weight excluding hydrogens is 320 g/mol. The molecule has 2 heterocycles. The Hall–Kier alpha value is -0.920. The van der Waals surface area contributed by atoms with E-state index in [1.165, 1.54) is 5.56 Å². The largest absolute Gasteiger partial charge is 0.342 e. The average Bonchev–Trinajstić information content (AvgIpc) is 3.06. The first-order chi connectivity index (χ1) is 10.3. The van der Waals surface area contributed by atoms with Gasteiger partial charge in [-0.3, -0.25) is 9.69 Å². The van der Waals surface area contributed by atoms with Crippen molar-refractivity contribution in [2.45, 2.75) is 31.8 Å². The molecular formula is C15H24N2O3S2. The lowest BCUT2D eigenvalue weighted by atomic mass is 10.1. The normalized spacial score (nSPS) is 21.9. The summed E-state index contributed by atoms with van der Waals surface area (Å²) in [5.74, 6) is 0.445. The maximum absolute atomic E-state index is 12.4. The number of carbonyl (C=O) groups excluding carboxylic acids is 1. The van der Waals surface area contributed by atoms with Crippen LogP contribution in [0.2, 0.25) is 0 Å². The van der Waals surface area contributed by atoms with Crippen molar-refractivity contribution in [2.24, 2.45) is 0 Å². The first-order valence-electron chi connectivity index (χ1n) is 7.46. The number of amides is 1. The molecule has 0 bridgehead atoms. The molecule has 1 aliphatic rings. The molecule has 1 aromatic heterocycles. The highest BCUT2D eigenvalue weighted by Gasteiger charge is 2.31. The van der Waals surface area contributed by atoms with Crippen LogP contribution in [0.15, 0.2) is 16.8 Å². The van der Waals surface area contributed by atoms with Gasteiger partial charge < -0.3 is 4.90 Å². The first kappa shape index (κ1) is 17.4. The zero-order chi connectivity index (χ0) is 16.3. The van der Waals surface area contributed by atoms with Crippen LogP contribution < -0.4 is 0 Å². The van der Waals surface area contributed by atoms with Gasteiger partial charge >= 0.3 is 0 Å². The van der Waals surface area contributed by atoms with Gasteiger partial charge in [0, 0.05) is 19.1 Å². The Balaban J connectivity index is 1.85. The molecule has 0 aliphatic carbocycles. The van der Waals surface area contributed by atoms with Gasteiger partial charge in [0.1, 0.15) is 0 Å². The average molecular weight is 345 g/mol. The van der Waals surface area contributed by atoms with Gasteiger partial charge in [-0.25, -0.2) is 8.42 Å². The molecule has 1 fully saturated rings. The molecule has 0 radical (unpaired) electrons. The fourth-order valence-electron chi connectivity index (χ4n) is 2.71. The second kappa shape index (κ2) is 7.10. The summed E-state index contributed by atoms with van der Waals surface area (Å²) in [6, 6.07) is 2.17. The second-order valence-electron chi connectivity index (χ2n) is 6.16. The summed E-state index contributed by atoms with van der Waals surface area (Å²) in [6.45, 7) is 2.31. The zero-order valence-corrected chi connectivity index (χ0v) is 15.0. The van der Waals surface area contributed by atoms with E-state index in [4.69, 9.17) is 0 Å². The maximum atomic E-state index is 12.4. The van der Waals surface area contributed by atoms with Crippen LogP contribution >= 0.6 is 11.3 Å². The summed E-state index contributed by atoms with van der Waals surface area (Å²) in [5, 5.41) is 4.14. The van der Waals surface area contributed by atoms with Crippen LogP contribution in [-0.4, -0.2) is 68.4 Å². The molecule has 0 aromatic carbocycles. The van der Waals surface area contributed by atoms with Crippen LogP contribution in [-0.2, 0) is 21.1 Å². The van der Waals surface area contributed by atoms with E-state index in [2.05, 4.69) is 11.4 Å². The molecule has 22 heavy (non-hydrogen) atoms. The number of sulfone groups is 1. The highest BCUT2D eigenvalue weighted by Crippen LogP contribution is 2.17. The number of nitrogens with zero attached hydrogens (tertiary/aromatic N) is 2. The van der Waals surface area contributed by atoms with E-state index in [0.717, 1.165) is 6.42 Å². The van der Waals surface area contributed by atoms with Gasteiger partial charge in [0.2, 0.25) is 5.91 Å². The number of hydrogen-bond acceptors (Lipinski definition) is 5. The Morgan fingerprint density at radius 3 is 2.73 bits per heavy atom. The number of rotatable bonds is 6. The Bertz CT molecular complexity index is 598. The molecule has 0 saturated carbocycles. The number of thiophene rings is 1. The number of carbonyl (C=O) groups is 1. The van der Waals surface area contributed by atoms with Gasteiger partial charge in [-0.05, 0) is 49.2 Å². The van der Waals surface area contributed by atoms with Gasteiger partial charge in [-0.2, -0.15) is 11.3 Å². The van der Waals surface area contributed by atoms with Crippen molar-refractivity contribution in [1.82, 2.24) is 9.80 Å². The summed E-state index contributed by atoms with van der Waals surface area (Å²) < 4.78 is 23.1. The smallest absolute Gasteiger partial charge is 0.236 e. The molecule has 1 aliphatic heterocycles. The Morgan fingerprint density at radius 1 is 1.45 bits per heavy atom. The molecule has 1 amide bonds. The van der Waals surface area contributed by atoms with Gasteiger partial charge in [-0.1, -0.05) is 0 Å². The van der Waals surface area contributed by atoms with Gasteiger partial charge in [0.05, 0.1) is 18.1 Å². The molecule has 2 rings (SSSR count). The lowest BCUT2D eigenvalue weighted by Crippen LogP contribution is -2.45. The Labute approximate surface area is 136 Å². The number of likely N-dealkylation sites (N-methyl/N-ethyl adjacent to an activating group) is 2. The van der Waals surface area contributed by atoms with E-state index in [1.54, 1.807) is 16.2 Å². The summed E-state index contributed by atoms with van der Waals surface area (Å²) in [6.07, 6.45) is 1.47. The molecule has 1 aromatic rings. The van der Waals surface area contributed by atoms with E-state index in [0.29, 0.717) is 6.42 Å². The minimum absolute atomic E-state index is 0.0328.